The van der Waals surface area contributed by atoms with Gasteiger partial charge in [-0.25, -0.2) is 0 Å². The fraction of sp³-hybridized carbons (Fsp3) is 0.176. The molecule has 112 valence electrons. The molecule has 1 atom stereocenters. The van der Waals surface area contributed by atoms with E-state index in [0.717, 1.165) is 5.56 Å². The average Bonchev–Trinajstić information content (AvgIpc) is 2.83. The molecular formula is C17H15NO4. The highest BCUT2D eigenvalue weighted by Gasteiger charge is 2.34. The van der Waals surface area contributed by atoms with Gasteiger partial charge in [-0.2, -0.15) is 0 Å². The van der Waals surface area contributed by atoms with Crippen LogP contribution in [0.25, 0.3) is 0 Å². The summed E-state index contributed by atoms with van der Waals surface area (Å²) < 4.78 is 0. The lowest BCUT2D eigenvalue weighted by molar-refractivity contribution is -0.138. The van der Waals surface area contributed by atoms with Crippen LogP contribution in [0.2, 0.25) is 0 Å². The summed E-state index contributed by atoms with van der Waals surface area (Å²) in [6.07, 6.45) is -0.176. The molecule has 1 aliphatic rings. The third kappa shape index (κ3) is 2.53. The second kappa shape index (κ2) is 5.52. The number of aromatic hydroxyl groups is 1. The van der Waals surface area contributed by atoms with Crippen molar-refractivity contribution in [2.75, 3.05) is 0 Å². The van der Waals surface area contributed by atoms with Crippen LogP contribution in [-0.4, -0.2) is 27.0 Å². The second-order valence-corrected chi connectivity index (χ2v) is 5.30. The van der Waals surface area contributed by atoms with Crippen molar-refractivity contribution < 1.29 is 19.8 Å². The van der Waals surface area contributed by atoms with Gasteiger partial charge in [0.05, 0.1) is 12.5 Å². The number of phenols is 1. The number of carboxylic acid groups (broad SMARTS) is 1. The number of amides is 1. The molecule has 5 heteroatoms. The van der Waals surface area contributed by atoms with Crippen molar-refractivity contribution in [3.05, 3.63) is 65.2 Å². The third-order valence-corrected chi connectivity index (χ3v) is 3.87. The average molecular weight is 297 g/mol. The molecule has 0 aliphatic carbocycles. The van der Waals surface area contributed by atoms with E-state index in [1.54, 1.807) is 29.2 Å². The fourth-order valence-corrected chi connectivity index (χ4v) is 2.80. The molecule has 0 aromatic heterocycles. The summed E-state index contributed by atoms with van der Waals surface area (Å²) in [4.78, 5) is 25.3. The molecule has 1 aliphatic heterocycles. The molecule has 0 bridgehead atoms. The van der Waals surface area contributed by atoms with Crippen LogP contribution in [-0.2, 0) is 11.3 Å². The highest BCUT2D eigenvalue weighted by Crippen LogP contribution is 2.33. The Morgan fingerprint density at radius 2 is 1.82 bits per heavy atom. The van der Waals surface area contributed by atoms with Crippen LogP contribution >= 0.6 is 0 Å². The molecule has 1 heterocycles. The Labute approximate surface area is 127 Å². The van der Waals surface area contributed by atoms with Crippen molar-refractivity contribution in [3.8, 4) is 5.75 Å². The monoisotopic (exact) mass is 297 g/mol. The second-order valence-electron chi connectivity index (χ2n) is 5.30. The van der Waals surface area contributed by atoms with Crippen molar-refractivity contribution in [1.82, 2.24) is 4.90 Å². The molecule has 2 aromatic carbocycles. The van der Waals surface area contributed by atoms with E-state index in [0.29, 0.717) is 17.7 Å². The Morgan fingerprint density at radius 3 is 2.45 bits per heavy atom. The highest BCUT2D eigenvalue weighted by atomic mass is 16.4. The smallest absolute Gasteiger partial charge is 0.305 e. The van der Waals surface area contributed by atoms with Gasteiger partial charge in [0.15, 0.2) is 0 Å². The highest BCUT2D eigenvalue weighted by molar-refractivity contribution is 5.98. The Kier molecular flexibility index (Phi) is 3.55. The third-order valence-electron chi connectivity index (χ3n) is 3.87. The number of carbonyl (C=O) groups is 2. The molecule has 22 heavy (non-hydrogen) atoms. The molecule has 3 rings (SSSR count). The van der Waals surface area contributed by atoms with Crippen LogP contribution in [0.4, 0.5) is 0 Å². The van der Waals surface area contributed by atoms with Gasteiger partial charge in [-0.05, 0) is 29.3 Å². The number of phenolic OH excluding ortho intramolecular Hbond substituents is 1. The van der Waals surface area contributed by atoms with E-state index in [1.165, 1.54) is 12.1 Å². The van der Waals surface area contributed by atoms with E-state index in [-0.39, 0.29) is 18.1 Å². The fourth-order valence-electron chi connectivity index (χ4n) is 2.80. The van der Waals surface area contributed by atoms with Crippen LogP contribution in [0.5, 0.6) is 5.75 Å². The van der Waals surface area contributed by atoms with E-state index in [1.807, 2.05) is 12.1 Å². The predicted octanol–water partition coefficient (Wildman–Crippen LogP) is 2.56. The van der Waals surface area contributed by atoms with Gasteiger partial charge in [0.1, 0.15) is 5.75 Å². The largest absolute Gasteiger partial charge is 0.508 e. The Morgan fingerprint density at radius 1 is 1.14 bits per heavy atom. The zero-order valence-corrected chi connectivity index (χ0v) is 11.8. The van der Waals surface area contributed by atoms with E-state index in [9.17, 15) is 19.8 Å². The summed E-state index contributed by atoms with van der Waals surface area (Å²) in [6.45, 7) is 0.397. The SMILES string of the molecule is O=C(O)C[C@H](c1ccc(O)cc1)N1Cc2ccccc2C1=O. The van der Waals surface area contributed by atoms with Crippen molar-refractivity contribution in [3.63, 3.8) is 0 Å². The molecule has 2 aromatic rings. The minimum Gasteiger partial charge on any atom is -0.508 e. The first kappa shape index (κ1) is 14.1. The minimum atomic E-state index is -0.971. The Bertz CT molecular complexity index is 724. The molecule has 0 radical (unpaired) electrons. The Balaban J connectivity index is 1.96. The van der Waals surface area contributed by atoms with Crippen LogP contribution in [0.3, 0.4) is 0 Å². The van der Waals surface area contributed by atoms with E-state index < -0.39 is 12.0 Å². The molecule has 0 spiro atoms. The van der Waals surface area contributed by atoms with Gasteiger partial charge < -0.3 is 15.1 Å². The summed E-state index contributed by atoms with van der Waals surface area (Å²) in [6, 6.07) is 13.0. The maximum atomic E-state index is 12.5. The van der Waals surface area contributed by atoms with Gasteiger partial charge in [-0.1, -0.05) is 30.3 Å². The van der Waals surface area contributed by atoms with Crippen LogP contribution in [0, 0.1) is 0 Å². The first-order chi connectivity index (χ1) is 10.6. The van der Waals surface area contributed by atoms with E-state index >= 15 is 0 Å². The van der Waals surface area contributed by atoms with E-state index in [4.69, 9.17) is 0 Å². The topological polar surface area (TPSA) is 77.8 Å². The van der Waals surface area contributed by atoms with Gasteiger partial charge in [0.25, 0.3) is 5.91 Å². The lowest BCUT2D eigenvalue weighted by atomic mass is 10.0. The maximum absolute atomic E-state index is 12.5. The lowest BCUT2D eigenvalue weighted by Crippen LogP contribution is -2.30. The number of fused-ring (bicyclic) bond motifs is 1. The zero-order valence-electron chi connectivity index (χ0n) is 11.8. The van der Waals surface area contributed by atoms with Gasteiger partial charge in [0.2, 0.25) is 0 Å². The summed E-state index contributed by atoms with van der Waals surface area (Å²) in [5.41, 5.74) is 2.22. The lowest BCUT2D eigenvalue weighted by Gasteiger charge is -2.27. The number of carboxylic acids is 1. The number of nitrogens with zero attached hydrogens (tertiary/aromatic N) is 1. The predicted molar refractivity (Wildman–Crippen MR) is 79.4 cm³/mol. The van der Waals surface area contributed by atoms with Crippen molar-refractivity contribution in [2.24, 2.45) is 0 Å². The number of hydrogen-bond donors (Lipinski definition) is 2. The van der Waals surface area contributed by atoms with Gasteiger partial charge in [-0.3, -0.25) is 9.59 Å². The van der Waals surface area contributed by atoms with Crippen LogP contribution < -0.4 is 0 Å². The van der Waals surface area contributed by atoms with Gasteiger partial charge >= 0.3 is 5.97 Å². The number of aliphatic carboxylic acids is 1. The van der Waals surface area contributed by atoms with Gasteiger partial charge in [0, 0.05) is 12.1 Å². The molecular weight excluding hydrogens is 282 g/mol. The molecule has 2 N–H and O–H groups in total. The van der Waals surface area contributed by atoms with E-state index in [2.05, 4.69) is 0 Å². The standard InChI is InChI=1S/C17H15NO4/c19-13-7-5-11(6-8-13)15(9-16(20)21)18-10-12-3-1-2-4-14(12)17(18)22/h1-8,15,19H,9-10H2,(H,20,21)/t15-/m1/s1. The Hall–Kier alpha value is -2.82. The maximum Gasteiger partial charge on any atom is 0.305 e. The molecule has 5 nitrogen and oxygen atoms in total. The molecule has 0 unspecified atom stereocenters. The summed E-state index contributed by atoms with van der Waals surface area (Å²) in [5, 5.41) is 18.6. The molecule has 0 saturated heterocycles. The summed E-state index contributed by atoms with van der Waals surface area (Å²) in [7, 11) is 0. The number of rotatable bonds is 4. The summed E-state index contributed by atoms with van der Waals surface area (Å²) >= 11 is 0. The van der Waals surface area contributed by atoms with Crippen molar-refractivity contribution in [2.45, 2.75) is 19.0 Å². The summed E-state index contributed by atoms with van der Waals surface area (Å²) in [5.74, 6) is -1.02. The molecule has 0 saturated carbocycles. The van der Waals surface area contributed by atoms with Crippen LogP contribution in [0.15, 0.2) is 48.5 Å². The van der Waals surface area contributed by atoms with Crippen molar-refractivity contribution in [1.29, 1.82) is 0 Å². The van der Waals surface area contributed by atoms with Gasteiger partial charge in [-0.15, -0.1) is 0 Å². The molecule has 0 fully saturated rings. The van der Waals surface area contributed by atoms with Crippen LogP contribution in [0.1, 0.15) is 33.9 Å². The quantitative estimate of drug-likeness (QED) is 0.909. The number of hydrogen-bond acceptors (Lipinski definition) is 3. The van der Waals surface area contributed by atoms with Crippen molar-refractivity contribution >= 4 is 11.9 Å². The number of benzene rings is 2. The zero-order chi connectivity index (χ0) is 15.7. The first-order valence-corrected chi connectivity index (χ1v) is 6.96. The minimum absolute atomic E-state index is 0.105. The first-order valence-electron chi connectivity index (χ1n) is 6.96. The number of carbonyl (C=O) groups excluding carboxylic acids is 1. The normalized spacial score (nSPS) is 14.7. The molecule has 1 amide bonds.